The molecule has 2 N–H and O–H groups in total. The number of hydrogen-bond donors (Lipinski definition) is 2. The lowest BCUT2D eigenvalue weighted by Gasteiger charge is -2.14. The van der Waals surface area contributed by atoms with Crippen LogP contribution in [0.5, 0.6) is 5.75 Å². The van der Waals surface area contributed by atoms with E-state index >= 15 is 0 Å². The van der Waals surface area contributed by atoms with Crippen molar-refractivity contribution in [1.82, 2.24) is 5.32 Å². The van der Waals surface area contributed by atoms with E-state index in [0.29, 0.717) is 5.75 Å². The highest BCUT2D eigenvalue weighted by molar-refractivity contribution is 7.80. The summed E-state index contributed by atoms with van der Waals surface area (Å²) in [5, 5.41) is 15.9. The number of nitrogens with one attached hydrogen (secondary N) is 2. The second-order valence-corrected chi connectivity index (χ2v) is 4.50. The molecule has 0 unspecified atom stereocenters. The summed E-state index contributed by atoms with van der Waals surface area (Å²) < 4.78 is 10.0. The lowest BCUT2D eigenvalue weighted by Crippen LogP contribution is -2.34. The van der Waals surface area contributed by atoms with Gasteiger partial charge in [0.05, 0.1) is 25.0 Å². The summed E-state index contributed by atoms with van der Waals surface area (Å²) in [6.07, 6.45) is 1.36. The number of amides is 1. The molecule has 0 spiro atoms. The maximum Gasteiger partial charge on any atom is 0.293 e. The van der Waals surface area contributed by atoms with E-state index in [1.807, 2.05) is 0 Å². The standard InChI is InChI=1S/C14H12N2O5S/c1-20-10-5-4-8(13(18)19)7-9(10)15-14(22)16-12(17)11-3-2-6-21-11/h2-7H,1H3,(H,18,19)(H2,15,16,17,22)/p-1. The summed E-state index contributed by atoms with van der Waals surface area (Å²) in [5.41, 5.74) is 0.234. The van der Waals surface area contributed by atoms with Gasteiger partial charge < -0.3 is 24.4 Å². The van der Waals surface area contributed by atoms with Crippen LogP contribution in [0.15, 0.2) is 41.0 Å². The van der Waals surface area contributed by atoms with Gasteiger partial charge in [0.25, 0.3) is 5.91 Å². The third-order valence-electron chi connectivity index (χ3n) is 2.66. The lowest BCUT2D eigenvalue weighted by molar-refractivity contribution is -0.255. The van der Waals surface area contributed by atoms with E-state index in [1.54, 1.807) is 6.07 Å². The Balaban J connectivity index is 2.12. The summed E-state index contributed by atoms with van der Waals surface area (Å²) in [4.78, 5) is 22.6. The van der Waals surface area contributed by atoms with Crippen LogP contribution in [0.25, 0.3) is 0 Å². The molecule has 0 fully saturated rings. The van der Waals surface area contributed by atoms with Gasteiger partial charge in [-0.3, -0.25) is 10.1 Å². The van der Waals surface area contributed by atoms with Gasteiger partial charge in [-0.25, -0.2) is 0 Å². The third kappa shape index (κ3) is 3.61. The molecule has 0 saturated carbocycles. The molecule has 0 aliphatic heterocycles. The lowest BCUT2D eigenvalue weighted by atomic mass is 10.2. The Bertz CT molecular complexity index is 712. The van der Waals surface area contributed by atoms with Crippen molar-refractivity contribution < 1.29 is 23.8 Å². The van der Waals surface area contributed by atoms with Gasteiger partial charge in [0.2, 0.25) is 0 Å². The zero-order valence-corrected chi connectivity index (χ0v) is 12.2. The van der Waals surface area contributed by atoms with E-state index in [2.05, 4.69) is 10.6 Å². The number of benzene rings is 1. The van der Waals surface area contributed by atoms with Crippen molar-refractivity contribution >= 4 is 34.9 Å². The van der Waals surface area contributed by atoms with Gasteiger partial charge in [0, 0.05) is 0 Å². The fraction of sp³-hybridized carbons (Fsp3) is 0.0714. The minimum Gasteiger partial charge on any atom is -0.545 e. The summed E-state index contributed by atoms with van der Waals surface area (Å²) in [6.45, 7) is 0. The van der Waals surface area contributed by atoms with Crippen molar-refractivity contribution in [2.24, 2.45) is 0 Å². The van der Waals surface area contributed by atoms with Crippen LogP contribution in [-0.4, -0.2) is 24.1 Å². The Morgan fingerprint density at radius 3 is 2.68 bits per heavy atom. The number of carboxylic acid groups (broad SMARTS) is 1. The molecule has 0 saturated heterocycles. The fourth-order valence-corrected chi connectivity index (χ4v) is 1.86. The largest absolute Gasteiger partial charge is 0.545 e. The Morgan fingerprint density at radius 1 is 1.32 bits per heavy atom. The minimum atomic E-state index is -1.34. The number of carboxylic acids is 1. The summed E-state index contributed by atoms with van der Waals surface area (Å²) in [5.74, 6) is -1.41. The smallest absolute Gasteiger partial charge is 0.293 e. The Hall–Kier alpha value is -2.87. The quantitative estimate of drug-likeness (QED) is 0.802. The Morgan fingerprint density at radius 2 is 2.09 bits per heavy atom. The van der Waals surface area contributed by atoms with Gasteiger partial charge in [-0.2, -0.15) is 0 Å². The topological polar surface area (TPSA) is 104 Å². The number of aromatic carboxylic acids is 1. The highest BCUT2D eigenvalue weighted by Crippen LogP contribution is 2.25. The van der Waals surface area contributed by atoms with Crippen molar-refractivity contribution in [3.8, 4) is 5.75 Å². The van der Waals surface area contributed by atoms with E-state index in [1.165, 1.54) is 37.6 Å². The molecule has 7 nitrogen and oxygen atoms in total. The first kappa shape index (κ1) is 15.5. The normalized spacial score (nSPS) is 9.86. The molecule has 1 heterocycles. The predicted octanol–water partition coefficient (Wildman–Crippen LogP) is 0.778. The number of methoxy groups -OCH3 is 1. The number of hydrogen-bond acceptors (Lipinski definition) is 6. The molecule has 1 amide bonds. The van der Waals surface area contributed by atoms with Gasteiger partial charge in [0.1, 0.15) is 5.75 Å². The zero-order valence-electron chi connectivity index (χ0n) is 11.4. The van der Waals surface area contributed by atoms with Crippen LogP contribution in [0.2, 0.25) is 0 Å². The van der Waals surface area contributed by atoms with Crippen molar-refractivity contribution in [1.29, 1.82) is 0 Å². The number of ether oxygens (including phenoxy) is 1. The van der Waals surface area contributed by atoms with Crippen LogP contribution in [0, 0.1) is 0 Å². The number of carbonyl (C=O) groups is 2. The molecule has 0 aliphatic carbocycles. The van der Waals surface area contributed by atoms with Gasteiger partial charge in [0.15, 0.2) is 10.9 Å². The number of thiocarbonyl (C=S) groups is 1. The second kappa shape index (κ2) is 6.72. The molecule has 22 heavy (non-hydrogen) atoms. The summed E-state index contributed by atoms with van der Waals surface area (Å²) in [6, 6.07) is 7.13. The van der Waals surface area contributed by atoms with Crippen LogP contribution >= 0.6 is 12.2 Å². The molecule has 1 aromatic carbocycles. The molecule has 0 aliphatic rings. The molecule has 8 heteroatoms. The number of furan rings is 1. The molecule has 2 aromatic rings. The van der Waals surface area contributed by atoms with Gasteiger partial charge in [-0.1, -0.05) is 0 Å². The first-order chi connectivity index (χ1) is 10.5. The Kier molecular flexibility index (Phi) is 4.74. The maximum atomic E-state index is 11.8. The molecule has 114 valence electrons. The van der Waals surface area contributed by atoms with Crippen LogP contribution in [0.3, 0.4) is 0 Å². The first-order valence-corrected chi connectivity index (χ1v) is 6.47. The number of carbonyl (C=O) groups excluding carboxylic acids is 2. The monoisotopic (exact) mass is 319 g/mol. The van der Waals surface area contributed by atoms with E-state index in [4.69, 9.17) is 21.4 Å². The second-order valence-electron chi connectivity index (χ2n) is 4.09. The van der Waals surface area contributed by atoms with Gasteiger partial charge in [-0.05, 0) is 48.1 Å². The van der Waals surface area contributed by atoms with Crippen LogP contribution < -0.4 is 20.5 Å². The minimum absolute atomic E-state index is 0.0322. The van der Waals surface area contributed by atoms with Gasteiger partial charge in [-0.15, -0.1) is 0 Å². The van der Waals surface area contributed by atoms with Crippen LogP contribution in [0.4, 0.5) is 5.69 Å². The molecule has 0 bridgehead atoms. The van der Waals surface area contributed by atoms with Crippen molar-refractivity contribution in [2.45, 2.75) is 0 Å². The number of anilines is 1. The van der Waals surface area contributed by atoms with Crippen LogP contribution in [0.1, 0.15) is 20.9 Å². The van der Waals surface area contributed by atoms with Crippen molar-refractivity contribution in [3.05, 3.63) is 47.9 Å². The third-order valence-corrected chi connectivity index (χ3v) is 2.86. The zero-order chi connectivity index (χ0) is 16.1. The molecular weight excluding hydrogens is 308 g/mol. The summed E-state index contributed by atoms with van der Waals surface area (Å²) >= 11 is 5.00. The van der Waals surface area contributed by atoms with E-state index in [0.717, 1.165) is 0 Å². The SMILES string of the molecule is COc1ccc(C(=O)[O-])cc1NC(=S)NC(=O)c1ccco1. The highest BCUT2D eigenvalue weighted by atomic mass is 32.1. The molecular formula is C14H11N2O5S-. The average Bonchev–Trinajstić information content (AvgIpc) is 3.01. The van der Waals surface area contributed by atoms with Crippen molar-refractivity contribution in [2.75, 3.05) is 12.4 Å². The predicted molar refractivity (Wildman–Crippen MR) is 79.7 cm³/mol. The first-order valence-electron chi connectivity index (χ1n) is 6.06. The molecule has 2 rings (SSSR count). The molecule has 0 atom stereocenters. The van der Waals surface area contributed by atoms with E-state index in [9.17, 15) is 14.7 Å². The van der Waals surface area contributed by atoms with Crippen LogP contribution in [-0.2, 0) is 0 Å². The maximum absolute atomic E-state index is 11.8. The molecule has 1 aromatic heterocycles. The van der Waals surface area contributed by atoms with E-state index < -0.39 is 11.9 Å². The number of rotatable bonds is 4. The molecule has 0 radical (unpaired) electrons. The average molecular weight is 319 g/mol. The van der Waals surface area contributed by atoms with Crippen molar-refractivity contribution in [3.63, 3.8) is 0 Å². The highest BCUT2D eigenvalue weighted by Gasteiger charge is 2.12. The Labute approximate surface area is 130 Å². The summed E-state index contributed by atoms with van der Waals surface area (Å²) in [7, 11) is 1.42. The van der Waals surface area contributed by atoms with E-state index in [-0.39, 0.29) is 22.1 Å². The fourth-order valence-electron chi connectivity index (χ4n) is 1.66. The van der Waals surface area contributed by atoms with Gasteiger partial charge >= 0.3 is 0 Å².